The van der Waals surface area contributed by atoms with Gasteiger partial charge in [0.15, 0.2) is 0 Å². The van der Waals surface area contributed by atoms with Crippen LogP contribution in [0.5, 0.6) is 0 Å². The zero-order valence-corrected chi connectivity index (χ0v) is 11.7. The molecule has 2 rings (SSSR count). The molecule has 0 bridgehead atoms. The average Bonchev–Trinajstić information content (AvgIpc) is 2.42. The first-order valence-electron chi connectivity index (χ1n) is 5.77. The lowest BCUT2D eigenvalue weighted by Crippen LogP contribution is -2.08. The predicted molar refractivity (Wildman–Crippen MR) is 77.9 cm³/mol. The minimum absolute atomic E-state index is 0.611. The lowest BCUT2D eigenvalue weighted by atomic mass is 10.1. The Hall–Kier alpha value is -1.62. The highest BCUT2D eigenvalue weighted by atomic mass is 79.9. The van der Waals surface area contributed by atoms with E-state index in [4.69, 9.17) is 0 Å². The van der Waals surface area contributed by atoms with Crippen molar-refractivity contribution in [2.24, 2.45) is 0 Å². The molecule has 0 atom stereocenters. The molecule has 1 heterocycles. The van der Waals surface area contributed by atoms with Gasteiger partial charge in [-0.25, -0.2) is 4.98 Å². The Morgan fingerprint density at radius 1 is 1.22 bits per heavy atom. The normalized spacial score (nSPS) is 10.1. The molecule has 0 saturated carbocycles. The highest BCUT2D eigenvalue weighted by molar-refractivity contribution is 9.10. The second-order valence-electron chi connectivity index (χ2n) is 3.80. The maximum absolute atomic E-state index is 4.34. The Balaban J connectivity index is 1.94. The molecule has 0 aliphatic heterocycles. The Morgan fingerprint density at radius 3 is 2.72 bits per heavy atom. The highest BCUT2D eigenvalue weighted by Gasteiger charge is 2.03. The summed E-state index contributed by atoms with van der Waals surface area (Å²) in [5.41, 5.74) is 1.31. The van der Waals surface area contributed by atoms with Crippen molar-refractivity contribution in [3.8, 4) is 0 Å². The van der Waals surface area contributed by atoms with Crippen molar-refractivity contribution in [2.45, 2.75) is 6.42 Å². The lowest BCUT2D eigenvalue weighted by molar-refractivity contribution is 0.996. The van der Waals surface area contributed by atoms with Crippen molar-refractivity contribution in [1.29, 1.82) is 0 Å². The molecule has 0 saturated heterocycles. The number of nitrogens with zero attached hydrogens (tertiary/aromatic N) is 2. The Morgan fingerprint density at radius 2 is 2.00 bits per heavy atom. The van der Waals surface area contributed by atoms with Gasteiger partial charge in [0.1, 0.15) is 5.82 Å². The van der Waals surface area contributed by atoms with Crippen LogP contribution in [-0.4, -0.2) is 23.6 Å². The lowest BCUT2D eigenvalue weighted by Gasteiger charge is -2.08. The van der Waals surface area contributed by atoms with E-state index in [9.17, 15) is 0 Å². The first-order valence-corrected chi connectivity index (χ1v) is 6.57. The van der Waals surface area contributed by atoms with Crippen LogP contribution in [0.15, 0.2) is 41.0 Å². The molecule has 2 N–H and O–H groups in total. The van der Waals surface area contributed by atoms with Crippen molar-refractivity contribution in [1.82, 2.24) is 9.97 Å². The van der Waals surface area contributed by atoms with Gasteiger partial charge in [0.05, 0.1) is 4.47 Å². The van der Waals surface area contributed by atoms with Gasteiger partial charge in [-0.05, 0) is 27.9 Å². The van der Waals surface area contributed by atoms with Crippen LogP contribution in [0.1, 0.15) is 5.56 Å². The van der Waals surface area contributed by atoms with Gasteiger partial charge in [0, 0.05) is 19.8 Å². The summed E-state index contributed by atoms with van der Waals surface area (Å²) in [5, 5.41) is 6.22. The van der Waals surface area contributed by atoms with Crippen molar-refractivity contribution in [2.75, 3.05) is 24.2 Å². The van der Waals surface area contributed by atoms with Crippen molar-refractivity contribution in [3.63, 3.8) is 0 Å². The predicted octanol–water partition coefficient (Wildman–Crippen LogP) is 2.94. The molecule has 4 nitrogen and oxygen atoms in total. The summed E-state index contributed by atoms with van der Waals surface area (Å²) in [5.74, 6) is 1.42. The number of benzene rings is 1. The third-order valence-electron chi connectivity index (χ3n) is 2.52. The van der Waals surface area contributed by atoms with Gasteiger partial charge < -0.3 is 10.6 Å². The molecule has 5 heteroatoms. The topological polar surface area (TPSA) is 49.8 Å². The molecule has 1 aromatic carbocycles. The summed E-state index contributed by atoms with van der Waals surface area (Å²) in [4.78, 5) is 8.46. The van der Waals surface area contributed by atoms with Crippen LogP contribution in [-0.2, 0) is 6.42 Å². The Bertz CT molecular complexity index is 502. The largest absolute Gasteiger partial charge is 0.369 e. The van der Waals surface area contributed by atoms with Crippen molar-refractivity contribution >= 4 is 27.7 Å². The molecule has 1 aromatic heterocycles. The van der Waals surface area contributed by atoms with E-state index >= 15 is 0 Å². The van der Waals surface area contributed by atoms with Gasteiger partial charge in [-0.2, -0.15) is 4.98 Å². The monoisotopic (exact) mass is 306 g/mol. The fourth-order valence-corrected chi connectivity index (χ4v) is 1.91. The first kappa shape index (κ1) is 12.8. The van der Waals surface area contributed by atoms with Crippen LogP contribution in [0.2, 0.25) is 0 Å². The average molecular weight is 307 g/mol. The Kier molecular flexibility index (Phi) is 4.52. The van der Waals surface area contributed by atoms with E-state index in [2.05, 4.69) is 60.8 Å². The molecule has 18 heavy (non-hydrogen) atoms. The molecule has 94 valence electrons. The zero-order valence-electron chi connectivity index (χ0n) is 10.2. The van der Waals surface area contributed by atoms with Crippen molar-refractivity contribution in [3.05, 3.63) is 46.6 Å². The molecule has 0 fully saturated rings. The quantitative estimate of drug-likeness (QED) is 0.892. The third kappa shape index (κ3) is 3.43. The summed E-state index contributed by atoms with van der Waals surface area (Å²) >= 11 is 3.43. The number of nitrogens with one attached hydrogen (secondary N) is 2. The number of anilines is 2. The van der Waals surface area contributed by atoms with Gasteiger partial charge in [-0.1, -0.05) is 30.3 Å². The summed E-state index contributed by atoms with van der Waals surface area (Å²) in [6.45, 7) is 0.836. The SMILES string of the molecule is CNc1ncc(Br)c(NCCc2ccccc2)n1. The molecule has 0 unspecified atom stereocenters. The summed E-state index contributed by atoms with van der Waals surface area (Å²) in [7, 11) is 1.80. The second kappa shape index (κ2) is 6.35. The molecule has 0 spiro atoms. The minimum Gasteiger partial charge on any atom is -0.369 e. The third-order valence-corrected chi connectivity index (χ3v) is 3.10. The van der Waals surface area contributed by atoms with Gasteiger partial charge in [0.25, 0.3) is 0 Å². The van der Waals surface area contributed by atoms with E-state index in [-0.39, 0.29) is 0 Å². The fourth-order valence-electron chi connectivity index (χ4n) is 1.58. The maximum Gasteiger partial charge on any atom is 0.224 e. The van der Waals surface area contributed by atoms with Crippen LogP contribution in [0.25, 0.3) is 0 Å². The first-order chi connectivity index (χ1) is 8.79. The second-order valence-corrected chi connectivity index (χ2v) is 4.66. The van der Waals surface area contributed by atoms with E-state index in [1.54, 1.807) is 13.2 Å². The molecule has 2 aromatic rings. The summed E-state index contributed by atoms with van der Waals surface area (Å²) in [6.07, 6.45) is 2.70. The van der Waals surface area contributed by atoms with E-state index < -0.39 is 0 Å². The molecular weight excluding hydrogens is 292 g/mol. The molecular formula is C13H15BrN4. The number of hydrogen-bond donors (Lipinski definition) is 2. The van der Waals surface area contributed by atoms with E-state index in [0.29, 0.717) is 5.95 Å². The summed E-state index contributed by atoms with van der Waals surface area (Å²) in [6, 6.07) is 10.4. The van der Waals surface area contributed by atoms with Gasteiger partial charge >= 0.3 is 0 Å². The minimum atomic E-state index is 0.611. The molecule has 0 aliphatic carbocycles. The van der Waals surface area contributed by atoms with Crippen molar-refractivity contribution < 1.29 is 0 Å². The van der Waals surface area contributed by atoms with Gasteiger partial charge in [-0.3, -0.25) is 0 Å². The van der Waals surface area contributed by atoms with Crippen LogP contribution >= 0.6 is 15.9 Å². The van der Waals surface area contributed by atoms with E-state index in [1.165, 1.54) is 5.56 Å². The summed E-state index contributed by atoms with van der Waals surface area (Å²) < 4.78 is 0.870. The number of hydrogen-bond acceptors (Lipinski definition) is 4. The zero-order chi connectivity index (χ0) is 12.8. The van der Waals surface area contributed by atoms with Gasteiger partial charge in [0.2, 0.25) is 5.95 Å². The maximum atomic E-state index is 4.34. The van der Waals surface area contributed by atoms with Crippen LogP contribution < -0.4 is 10.6 Å². The molecule has 0 amide bonds. The number of rotatable bonds is 5. The number of aromatic nitrogens is 2. The standard InChI is InChI=1S/C13H15BrN4/c1-15-13-17-9-11(14)12(18-13)16-8-7-10-5-3-2-4-6-10/h2-6,9H,7-8H2,1H3,(H2,15,16,17,18). The Labute approximate surface area is 115 Å². The molecule has 0 radical (unpaired) electrons. The molecule has 0 aliphatic rings. The van der Waals surface area contributed by atoms with Crippen LogP contribution in [0.4, 0.5) is 11.8 Å². The fraction of sp³-hybridized carbons (Fsp3) is 0.231. The van der Waals surface area contributed by atoms with Gasteiger partial charge in [-0.15, -0.1) is 0 Å². The smallest absolute Gasteiger partial charge is 0.224 e. The van der Waals surface area contributed by atoms with Crippen LogP contribution in [0, 0.1) is 0 Å². The highest BCUT2D eigenvalue weighted by Crippen LogP contribution is 2.19. The van der Waals surface area contributed by atoms with Crippen LogP contribution in [0.3, 0.4) is 0 Å². The number of halogens is 1. The van der Waals surface area contributed by atoms with E-state index in [1.807, 2.05) is 6.07 Å². The van der Waals surface area contributed by atoms with E-state index in [0.717, 1.165) is 23.3 Å².